The van der Waals surface area contributed by atoms with Crippen LogP contribution >= 0.6 is 11.6 Å². The van der Waals surface area contributed by atoms with Crippen LogP contribution in [0.3, 0.4) is 0 Å². The maximum Gasteiger partial charge on any atom is 0.322 e. The van der Waals surface area contributed by atoms with Gasteiger partial charge in [0, 0.05) is 5.56 Å². The third-order valence-corrected chi connectivity index (χ3v) is 3.16. The van der Waals surface area contributed by atoms with Gasteiger partial charge in [-0.1, -0.05) is 34.9 Å². The molecule has 0 spiro atoms. The first-order valence-corrected chi connectivity index (χ1v) is 6.66. The predicted molar refractivity (Wildman–Crippen MR) is 79.1 cm³/mol. The number of anilines is 1. The van der Waals surface area contributed by atoms with Crippen LogP contribution < -0.4 is 5.32 Å². The van der Waals surface area contributed by atoms with Gasteiger partial charge in [0.25, 0.3) is 11.8 Å². The van der Waals surface area contributed by atoms with Crippen LogP contribution in [0.1, 0.15) is 10.4 Å². The Hall–Kier alpha value is -2.73. The second-order valence-electron chi connectivity index (χ2n) is 4.36. The summed E-state index contributed by atoms with van der Waals surface area (Å²) in [6, 6.07) is 12.3. The zero-order chi connectivity index (χ0) is 15.5. The van der Waals surface area contributed by atoms with E-state index in [4.69, 9.17) is 16.0 Å². The first-order valence-electron chi connectivity index (χ1n) is 6.29. The van der Waals surface area contributed by atoms with E-state index in [0.717, 1.165) is 6.07 Å². The summed E-state index contributed by atoms with van der Waals surface area (Å²) in [7, 11) is 0. The minimum absolute atomic E-state index is 0.0655. The fraction of sp³-hybridized carbons (Fsp3) is 0. The standard InChI is InChI=1S/C15H9ClFN3O2/c16-12-8-10(17)6-7-11(12)14-19-20-15(22-14)18-13(21)9-4-2-1-3-5-9/h1-8H,(H,18,20,21). The Morgan fingerprint density at radius 2 is 1.91 bits per heavy atom. The smallest absolute Gasteiger partial charge is 0.322 e. The van der Waals surface area contributed by atoms with Gasteiger partial charge in [-0.05, 0) is 30.3 Å². The molecule has 1 amide bonds. The zero-order valence-electron chi connectivity index (χ0n) is 11.1. The van der Waals surface area contributed by atoms with Crippen molar-refractivity contribution >= 4 is 23.5 Å². The molecular formula is C15H9ClFN3O2. The minimum Gasteiger partial charge on any atom is -0.403 e. The van der Waals surface area contributed by atoms with Crippen molar-refractivity contribution in [2.75, 3.05) is 5.32 Å². The van der Waals surface area contributed by atoms with Crippen LogP contribution in [0, 0.1) is 5.82 Å². The highest BCUT2D eigenvalue weighted by atomic mass is 35.5. The van der Waals surface area contributed by atoms with Gasteiger partial charge in [-0.25, -0.2) is 4.39 Å². The van der Waals surface area contributed by atoms with Crippen LogP contribution in [0.15, 0.2) is 52.9 Å². The van der Waals surface area contributed by atoms with Gasteiger partial charge in [-0.3, -0.25) is 10.1 Å². The number of halogens is 2. The number of carbonyl (C=O) groups excluding carboxylic acids is 1. The Morgan fingerprint density at radius 1 is 1.14 bits per heavy atom. The van der Waals surface area contributed by atoms with Crippen molar-refractivity contribution in [2.45, 2.75) is 0 Å². The van der Waals surface area contributed by atoms with Gasteiger partial charge in [-0.15, -0.1) is 5.10 Å². The highest BCUT2D eigenvalue weighted by Gasteiger charge is 2.14. The van der Waals surface area contributed by atoms with Crippen LogP contribution in [0.5, 0.6) is 0 Å². The summed E-state index contributed by atoms with van der Waals surface area (Å²) >= 11 is 5.92. The summed E-state index contributed by atoms with van der Waals surface area (Å²) in [6.45, 7) is 0. The average molecular weight is 318 g/mol. The first-order chi connectivity index (χ1) is 10.6. The summed E-state index contributed by atoms with van der Waals surface area (Å²) in [5.74, 6) is -0.750. The molecule has 0 atom stereocenters. The molecule has 0 aliphatic rings. The maximum absolute atomic E-state index is 13.0. The van der Waals surface area contributed by atoms with Crippen molar-refractivity contribution in [2.24, 2.45) is 0 Å². The summed E-state index contributed by atoms with van der Waals surface area (Å²) in [4.78, 5) is 12.0. The third kappa shape index (κ3) is 2.96. The van der Waals surface area contributed by atoms with E-state index in [0.29, 0.717) is 11.1 Å². The molecule has 7 heteroatoms. The molecule has 1 heterocycles. The lowest BCUT2D eigenvalue weighted by molar-refractivity contribution is 0.102. The molecule has 1 aromatic heterocycles. The number of nitrogens with zero attached hydrogens (tertiary/aromatic N) is 2. The van der Waals surface area contributed by atoms with E-state index in [1.54, 1.807) is 30.3 Å². The number of nitrogens with one attached hydrogen (secondary N) is 1. The van der Waals surface area contributed by atoms with E-state index in [1.807, 2.05) is 0 Å². The largest absolute Gasteiger partial charge is 0.403 e. The fourth-order valence-corrected chi connectivity index (χ4v) is 2.05. The molecule has 0 radical (unpaired) electrons. The van der Waals surface area contributed by atoms with Gasteiger partial charge in [0.1, 0.15) is 5.82 Å². The topological polar surface area (TPSA) is 68.0 Å². The summed E-state index contributed by atoms with van der Waals surface area (Å²) in [5.41, 5.74) is 0.845. The average Bonchev–Trinajstić information content (AvgIpc) is 2.96. The molecule has 3 rings (SSSR count). The number of carbonyl (C=O) groups is 1. The van der Waals surface area contributed by atoms with E-state index in [2.05, 4.69) is 15.5 Å². The van der Waals surface area contributed by atoms with Crippen LogP contribution in [0.25, 0.3) is 11.5 Å². The van der Waals surface area contributed by atoms with Gasteiger partial charge in [0.2, 0.25) is 0 Å². The van der Waals surface area contributed by atoms with Crippen molar-refractivity contribution in [1.29, 1.82) is 0 Å². The first kappa shape index (κ1) is 14.2. The molecule has 5 nitrogen and oxygen atoms in total. The Morgan fingerprint density at radius 3 is 2.64 bits per heavy atom. The number of benzene rings is 2. The lowest BCUT2D eigenvalue weighted by atomic mass is 10.2. The van der Waals surface area contributed by atoms with Gasteiger partial charge < -0.3 is 4.42 Å². The Balaban J connectivity index is 1.81. The van der Waals surface area contributed by atoms with E-state index in [9.17, 15) is 9.18 Å². The van der Waals surface area contributed by atoms with Crippen LogP contribution in [0.4, 0.5) is 10.4 Å². The van der Waals surface area contributed by atoms with Crippen molar-refractivity contribution in [3.63, 3.8) is 0 Å². The SMILES string of the molecule is O=C(Nc1nnc(-c2ccc(F)cc2Cl)o1)c1ccccc1. The summed E-state index contributed by atoms with van der Waals surface area (Å²) in [5, 5.41) is 10.1. The monoisotopic (exact) mass is 317 g/mol. The number of amides is 1. The van der Waals surface area contributed by atoms with Crippen molar-refractivity contribution in [3.05, 3.63) is 64.9 Å². The third-order valence-electron chi connectivity index (χ3n) is 2.84. The molecule has 0 saturated carbocycles. The zero-order valence-corrected chi connectivity index (χ0v) is 11.8. The van der Waals surface area contributed by atoms with E-state index in [-0.39, 0.29) is 22.8 Å². The molecule has 0 aliphatic heterocycles. The van der Waals surface area contributed by atoms with Gasteiger partial charge >= 0.3 is 6.01 Å². The Labute approximate surface area is 129 Å². The quantitative estimate of drug-likeness (QED) is 0.798. The Kier molecular flexibility index (Phi) is 3.84. The van der Waals surface area contributed by atoms with Gasteiger partial charge in [-0.2, -0.15) is 0 Å². The van der Waals surface area contributed by atoms with Crippen LogP contribution in [0.2, 0.25) is 5.02 Å². The van der Waals surface area contributed by atoms with Crippen molar-refractivity contribution in [3.8, 4) is 11.5 Å². The van der Waals surface area contributed by atoms with Crippen LogP contribution in [-0.4, -0.2) is 16.1 Å². The highest BCUT2D eigenvalue weighted by molar-refractivity contribution is 6.33. The molecule has 0 saturated heterocycles. The summed E-state index contributed by atoms with van der Waals surface area (Å²) < 4.78 is 18.3. The number of hydrogen-bond donors (Lipinski definition) is 1. The number of hydrogen-bond acceptors (Lipinski definition) is 4. The predicted octanol–water partition coefficient (Wildman–Crippen LogP) is 3.78. The molecule has 3 aromatic rings. The molecule has 0 fully saturated rings. The molecule has 0 unspecified atom stereocenters. The summed E-state index contributed by atoms with van der Waals surface area (Å²) in [6.07, 6.45) is 0. The number of aromatic nitrogens is 2. The molecule has 0 aliphatic carbocycles. The minimum atomic E-state index is -0.467. The Bertz CT molecular complexity index is 821. The highest BCUT2D eigenvalue weighted by Crippen LogP contribution is 2.28. The van der Waals surface area contributed by atoms with E-state index < -0.39 is 5.82 Å². The number of rotatable bonds is 3. The van der Waals surface area contributed by atoms with E-state index >= 15 is 0 Å². The molecular weight excluding hydrogens is 309 g/mol. The van der Waals surface area contributed by atoms with Crippen molar-refractivity contribution < 1.29 is 13.6 Å². The van der Waals surface area contributed by atoms with Gasteiger partial charge in [0.05, 0.1) is 10.6 Å². The second kappa shape index (κ2) is 5.95. The molecule has 2 aromatic carbocycles. The van der Waals surface area contributed by atoms with Crippen molar-refractivity contribution in [1.82, 2.24) is 10.2 Å². The van der Waals surface area contributed by atoms with Gasteiger partial charge in [0.15, 0.2) is 0 Å². The maximum atomic E-state index is 13.0. The fourth-order valence-electron chi connectivity index (χ4n) is 1.80. The van der Waals surface area contributed by atoms with Crippen LogP contribution in [-0.2, 0) is 0 Å². The second-order valence-corrected chi connectivity index (χ2v) is 4.76. The molecule has 22 heavy (non-hydrogen) atoms. The lowest BCUT2D eigenvalue weighted by Gasteiger charge is -2.00. The molecule has 1 N–H and O–H groups in total. The lowest BCUT2D eigenvalue weighted by Crippen LogP contribution is -2.11. The normalized spacial score (nSPS) is 10.5. The molecule has 110 valence electrons. The molecule has 0 bridgehead atoms. The van der Waals surface area contributed by atoms with E-state index in [1.165, 1.54) is 12.1 Å².